The number of aliphatic hydroxyl groups is 1. The average molecular weight is 545 g/mol. The fourth-order valence-corrected chi connectivity index (χ4v) is 5.04. The minimum Gasteiger partial charge on any atom is -0.456 e. The molecule has 0 aliphatic carbocycles. The second-order valence-corrected chi connectivity index (χ2v) is 9.60. The Morgan fingerprint density at radius 2 is 2.03 bits per heavy atom. The van der Waals surface area contributed by atoms with E-state index in [1.54, 1.807) is 13.2 Å². The molecule has 12 nitrogen and oxygen atoms in total. The van der Waals surface area contributed by atoms with E-state index in [2.05, 4.69) is 20.3 Å². The molecule has 0 spiro atoms. The van der Waals surface area contributed by atoms with E-state index >= 15 is 0 Å². The highest BCUT2D eigenvalue weighted by Crippen LogP contribution is 2.31. The molecular weight excluding hydrogens is 516 g/mol. The molecule has 0 bridgehead atoms. The molecule has 1 aromatic carbocycles. The van der Waals surface area contributed by atoms with Crippen LogP contribution >= 0.6 is 11.6 Å². The largest absolute Gasteiger partial charge is 0.456 e. The van der Waals surface area contributed by atoms with Crippen molar-refractivity contribution in [3.8, 4) is 6.01 Å². The van der Waals surface area contributed by atoms with Gasteiger partial charge in [-0.05, 0) is 12.1 Å². The zero-order valence-corrected chi connectivity index (χ0v) is 21.6. The van der Waals surface area contributed by atoms with Crippen LogP contribution in [0.1, 0.15) is 5.69 Å². The fourth-order valence-electron chi connectivity index (χ4n) is 4.82. The van der Waals surface area contributed by atoms with Crippen molar-refractivity contribution < 1.29 is 28.8 Å². The SMILES string of the molecule is COCCOCCn1nc(CNc2nc3nc(O[C@@H]4CO[C@H]5[C@@H]4OC[C@H]5O)[nH]c3cc2Cl)c2ccccc21. The topological polar surface area (TPSA) is 138 Å². The summed E-state index contributed by atoms with van der Waals surface area (Å²) in [5.41, 5.74) is 3.00. The average Bonchev–Trinajstić information content (AvgIpc) is 3.68. The Morgan fingerprint density at radius 1 is 1.16 bits per heavy atom. The minimum absolute atomic E-state index is 0.233. The summed E-state index contributed by atoms with van der Waals surface area (Å²) in [5, 5.41) is 19.5. The van der Waals surface area contributed by atoms with Gasteiger partial charge in [-0.15, -0.1) is 0 Å². The van der Waals surface area contributed by atoms with Gasteiger partial charge in [-0.25, -0.2) is 4.98 Å². The van der Waals surface area contributed by atoms with Crippen molar-refractivity contribution in [2.75, 3.05) is 45.5 Å². The lowest BCUT2D eigenvalue weighted by molar-refractivity contribution is 0.00706. The Bertz CT molecular complexity index is 1410. The van der Waals surface area contributed by atoms with E-state index in [4.69, 9.17) is 40.4 Å². The van der Waals surface area contributed by atoms with Crippen LogP contribution < -0.4 is 10.1 Å². The third-order valence-corrected chi connectivity index (χ3v) is 6.97. The molecule has 0 radical (unpaired) electrons. The number of ether oxygens (including phenoxy) is 5. The van der Waals surface area contributed by atoms with E-state index in [-0.39, 0.29) is 30.9 Å². The molecule has 5 heterocycles. The van der Waals surface area contributed by atoms with Gasteiger partial charge in [0.2, 0.25) is 0 Å². The van der Waals surface area contributed by atoms with Crippen molar-refractivity contribution in [2.24, 2.45) is 0 Å². The number of hydrogen-bond donors (Lipinski definition) is 3. The second kappa shape index (κ2) is 11.0. The van der Waals surface area contributed by atoms with E-state index < -0.39 is 6.10 Å². The molecule has 38 heavy (non-hydrogen) atoms. The Morgan fingerprint density at radius 3 is 2.92 bits per heavy atom. The lowest BCUT2D eigenvalue weighted by atomic mass is 10.1. The van der Waals surface area contributed by atoms with E-state index in [0.717, 1.165) is 16.6 Å². The first kappa shape index (κ1) is 25.3. The number of imidazole rings is 1. The molecule has 0 amide bonds. The summed E-state index contributed by atoms with van der Waals surface area (Å²) >= 11 is 6.54. The number of methoxy groups -OCH3 is 1. The molecule has 2 saturated heterocycles. The van der Waals surface area contributed by atoms with Gasteiger partial charge >= 0.3 is 0 Å². The number of benzene rings is 1. The molecule has 4 atom stereocenters. The van der Waals surface area contributed by atoms with Gasteiger partial charge in [-0.2, -0.15) is 10.1 Å². The van der Waals surface area contributed by atoms with E-state index in [1.165, 1.54) is 0 Å². The van der Waals surface area contributed by atoms with Crippen LogP contribution in [0.5, 0.6) is 6.01 Å². The van der Waals surface area contributed by atoms with Crippen molar-refractivity contribution in [2.45, 2.75) is 37.5 Å². The van der Waals surface area contributed by atoms with Crippen molar-refractivity contribution in [3.63, 3.8) is 0 Å². The highest BCUT2D eigenvalue weighted by molar-refractivity contribution is 6.33. The summed E-state index contributed by atoms with van der Waals surface area (Å²) < 4.78 is 29.8. The van der Waals surface area contributed by atoms with Gasteiger partial charge in [-0.1, -0.05) is 29.8 Å². The quantitative estimate of drug-likeness (QED) is 0.241. The van der Waals surface area contributed by atoms with E-state index in [1.807, 2.05) is 28.9 Å². The number of pyridine rings is 1. The summed E-state index contributed by atoms with van der Waals surface area (Å²) in [6.07, 6.45) is -1.73. The first-order valence-electron chi connectivity index (χ1n) is 12.5. The van der Waals surface area contributed by atoms with Gasteiger partial charge in [0.25, 0.3) is 6.01 Å². The Labute approximate surface area is 223 Å². The predicted molar refractivity (Wildman–Crippen MR) is 139 cm³/mol. The number of rotatable bonds is 11. The van der Waals surface area contributed by atoms with Crippen molar-refractivity contribution >= 4 is 39.5 Å². The lowest BCUT2D eigenvalue weighted by Gasteiger charge is -2.15. The van der Waals surface area contributed by atoms with Crippen molar-refractivity contribution in [3.05, 3.63) is 41.0 Å². The van der Waals surface area contributed by atoms with Crippen LogP contribution in [0.3, 0.4) is 0 Å². The molecule has 6 rings (SSSR count). The standard InChI is InChI=1S/C25H29ClN6O6/c1-34-8-9-35-7-6-32-18-5-3-2-4-14(18)17(31-32)11-27-23-15(26)10-16-24(29-23)30-25(28-16)38-20-13-37-21-19(33)12-36-22(20)21/h2-5,10,19-22,33H,6-9,11-13H2,1H3,(H2,27,28,29,30)/t19-,20-,21-,22-/m1/s1. The first-order chi connectivity index (χ1) is 18.6. The molecular formula is C25H29ClN6O6. The van der Waals surface area contributed by atoms with Crippen LogP contribution in [-0.2, 0) is 32.0 Å². The Balaban J connectivity index is 1.14. The van der Waals surface area contributed by atoms with Gasteiger partial charge < -0.3 is 39.1 Å². The molecule has 3 N–H and O–H groups in total. The Hall–Kier alpha value is -3.00. The number of halogens is 1. The molecule has 3 aromatic heterocycles. The van der Waals surface area contributed by atoms with Gasteiger partial charge in [-0.3, -0.25) is 4.68 Å². The second-order valence-electron chi connectivity index (χ2n) is 9.20. The molecule has 13 heteroatoms. The van der Waals surface area contributed by atoms with Crippen LogP contribution in [0.4, 0.5) is 5.82 Å². The van der Waals surface area contributed by atoms with Crippen LogP contribution in [0.15, 0.2) is 30.3 Å². The van der Waals surface area contributed by atoms with Crippen molar-refractivity contribution in [1.82, 2.24) is 24.7 Å². The van der Waals surface area contributed by atoms with Crippen LogP contribution in [-0.4, -0.2) is 94.4 Å². The summed E-state index contributed by atoms with van der Waals surface area (Å²) in [6.45, 7) is 3.24. The highest BCUT2D eigenvalue weighted by Gasteiger charge is 2.48. The van der Waals surface area contributed by atoms with Crippen LogP contribution in [0.25, 0.3) is 22.1 Å². The summed E-state index contributed by atoms with van der Waals surface area (Å²) in [6, 6.07) is 10.1. The fraction of sp³-hybridized carbons (Fsp3) is 0.480. The zero-order chi connectivity index (χ0) is 26.1. The van der Waals surface area contributed by atoms with E-state index in [9.17, 15) is 5.11 Å². The number of para-hydroxylation sites is 1. The molecule has 4 aromatic rings. The van der Waals surface area contributed by atoms with Gasteiger partial charge in [0.1, 0.15) is 24.1 Å². The highest BCUT2D eigenvalue weighted by atomic mass is 35.5. The minimum atomic E-state index is -0.642. The van der Waals surface area contributed by atoms with Crippen LogP contribution in [0, 0.1) is 0 Å². The third kappa shape index (κ3) is 5.03. The number of aliphatic hydroxyl groups excluding tert-OH is 1. The molecule has 0 saturated carbocycles. The third-order valence-electron chi connectivity index (χ3n) is 6.69. The van der Waals surface area contributed by atoms with Gasteiger partial charge in [0, 0.05) is 12.5 Å². The van der Waals surface area contributed by atoms with Gasteiger partial charge in [0.05, 0.1) is 67.9 Å². The predicted octanol–water partition coefficient (Wildman–Crippen LogP) is 2.14. The summed E-state index contributed by atoms with van der Waals surface area (Å²) in [5.74, 6) is 0.491. The number of nitrogens with zero attached hydrogens (tertiary/aromatic N) is 4. The van der Waals surface area contributed by atoms with Crippen LogP contribution in [0.2, 0.25) is 5.02 Å². The summed E-state index contributed by atoms with van der Waals surface area (Å²) in [7, 11) is 1.65. The maximum absolute atomic E-state index is 9.94. The number of fused-ring (bicyclic) bond motifs is 3. The normalized spacial score (nSPS) is 22.9. The van der Waals surface area contributed by atoms with E-state index in [0.29, 0.717) is 61.5 Å². The maximum atomic E-state index is 9.94. The molecule has 2 fully saturated rings. The molecule has 202 valence electrons. The molecule has 0 unspecified atom stereocenters. The zero-order valence-electron chi connectivity index (χ0n) is 20.8. The van der Waals surface area contributed by atoms with Gasteiger partial charge in [0.15, 0.2) is 11.8 Å². The van der Waals surface area contributed by atoms with Crippen molar-refractivity contribution in [1.29, 1.82) is 0 Å². The number of aromatic amines is 1. The molecule has 2 aliphatic heterocycles. The number of anilines is 1. The smallest absolute Gasteiger partial charge is 0.296 e. The lowest BCUT2D eigenvalue weighted by Crippen LogP contribution is -2.34. The maximum Gasteiger partial charge on any atom is 0.296 e. The number of nitrogens with one attached hydrogen (secondary N) is 2. The number of hydrogen-bond acceptors (Lipinski definition) is 10. The first-order valence-corrected chi connectivity index (χ1v) is 12.9. The Kier molecular flexibility index (Phi) is 7.32. The summed E-state index contributed by atoms with van der Waals surface area (Å²) in [4.78, 5) is 12.2. The number of aromatic nitrogens is 5. The molecule has 2 aliphatic rings. The number of H-pyrrole nitrogens is 1. The monoisotopic (exact) mass is 544 g/mol.